The summed E-state index contributed by atoms with van der Waals surface area (Å²) >= 11 is 0. The molecule has 0 bridgehead atoms. The van der Waals surface area contributed by atoms with E-state index in [4.69, 9.17) is 9.47 Å². The zero-order valence-corrected chi connectivity index (χ0v) is 28.2. The van der Waals surface area contributed by atoms with Crippen molar-refractivity contribution in [1.29, 1.82) is 0 Å². The molecule has 1 aliphatic rings. The van der Waals surface area contributed by atoms with Crippen molar-refractivity contribution in [3.63, 3.8) is 0 Å². The van der Waals surface area contributed by atoms with Crippen molar-refractivity contribution in [3.8, 4) is 22.6 Å². The summed E-state index contributed by atoms with van der Waals surface area (Å²) < 4.78 is 13.6. The van der Waals surface area contributed by atoms with E-state index in [9.17, 15) is 0 Å². The van der Waals surface area contributed by atoms with E-state index in [1.54, 1.807) is 0 Å². The molecule has 6 aromatic carbocycles. The van der Waals surface area contributed by atoms with Gasteiger partial charge in [0.1, 0.15) is 11.5 Å². The van der Waals surface area contributed by atoms with Crippen molar-refractivity contribution in [2.45, 2.75) is 26.7 Å². The minimum absolute atomic E-state index is 0.663. The number of ether oxygens (including phenoxy) is 2. The van der Waals surface area contributed by atoms with Gasteiger partial charge in [0.25, 0.3) is 0 Å². The Morgan fingerprint density at radius 3 is 1.00 bits per heavy atom. The number of aryl methyl sites for hydroxylation is 2. The predicted molar refractivity (Wildman–Crippen MR) is 199 cm³/mol. The van der Waals surface area contributed by atoms with E-state index in [1.807, 2.05) is 0 Å². The standard InChI is InChI=1S/C42H38O2P2/c1-31-25-27-37-39(41(31)45(33-17-7-3-8-18-33)34-19-9-4-10-20-34)40-38(44-30-16-15-29-43-37)28-26-32(2)42(40)46(35-21-11-5-12-22-35)36-23-13-6-14-24-36/h3-14,17-28H,15-16,29-30H2,1-2H3. The Morgan fingerprint density at radius 2 is 0.696 bits per heavy atom. The van der Waals surface area contributed by atoms with Gasteiger partial charge in [-0.3, -0.25) is 0 Å². The van der Waals surface area contributed by atoms with Gasteiger partial charge in [-0.05, 0) is 97.6 Å². The third kappa shape index (κ3) is 6.13. The van der Waals surface area contributed by atoms with Crippen LogP contribution in [0, 0.1) is 13.8 Å². The first kappa shape index (κ1) is 30.4. The molecule has 228 valence electrons. The third-order valence-electron chi connectivity index (χ3n) is 8.49. The third-order valence-corrected chi connectivity index (χ3v) is 13.8. The fourth-order valence-electron chi connectivity index (χ4n) is 6.34. The van der Waals surface area contributed by atoms with Crippen molar-refractivity contribution < 1.29 is 9.47 Å². The average Bonchev–Trinajstić information content (AvgIpc) is 3.11. The van der Waals surface area contributed by atoms with Crippen LogP contribution in [-0.2, 0) is 0 Å². The van der Waals surface area contributed by atoms with Crippen LogP contribution in [0.25, 0.3) is 11.1 Å². The van der Waals surface area contributed by atoms with Gasteiger partial charge in [-0.2, -0.15) is 0 Å². The van der Waals surface area contributed by atoms with E-state index in [0.29, 0.717) is 13.2 Å². The lowest BCUT2D eigenvalue weighted by atomic mass is 9.98. The van der Waals surface area contributed by atoms with Gasteiger partial charge in [-0.25, -0.2) is 0 Å². The zero-order valence-electron chi connectivity index (χ0n) is 26.4. The van der Waals surface area contributed by atoms with Crippen LogP contribution in [0.1, 0.15) is 24.0 Å². The molecule has 1 aliphatic heterocycles. The van der Waals surface area contributed by atoms with Crippen molar-refractivity contribution in [2.24, 2.45) is 0 Å². The molecule has 2 nitrogen and oxygen atoms in total. The summed E-state index contributed by atoms with van der Waals surface area (Å²) in [6.45, 7) is 5.86. The summed E-state index contributed by atoms with van der Waals surface area (Å²) in [5, 5.41) is 7.95. The lowest BCUT2D eigenvalue weighted by Gasteiger charge is -2.31. The summed E-state index contributed by atoms with van der Waals surface area (Å²) in [6, 6.07) is 53.0. The van der Waals surface area contributed by atoms with E-state index >= 15 is 0 Å². The quantitative estimate of drug-likeness (QED) is 0.172. The number of fused-ring (bicyclic) bond motifs is 3. The maximum absolute atomic E-state index is 6.79. The molecule has 7 rings (SSSR count). The Hall–Kier alpha value is -4.22. The summed E-state index contributed by atoms with van der Waals surface area (Å²) in [7, 11) is -1.84. The summed E-state index contributed by atoms with van der Waals surface area (Å²) in [5.74, 6) is 1.88. The van der Waals surface area contributed by atoms with Crippen LogP contribution in [0.3, 0.4) is 0 Å². The van der Waals surface area contributed by atoms with Crippen molar-refractivity contribution in [2.75, 3.05) is 13.2 Å². The molecule has 46 heavy (non-hydrogen) atoms. The number of hydrogen-bond acceptors (Lipinski definition) is 2. The largest absolute Gasteiger partial charge is 0.493 e. The molecule has 0 aliphatic carbocycles. The zero-order chi connectivity index (χ0) is 31.3. The fraction of sp³-hybridized carbons (Fsp3) is 0.143. The smallest absolute Gasteiger partial charge is 0.127 e. The molecule has 0 amide bonds. The molecule has 4 heteroatoms. The summed E-state index contributed by atoms with van der Waals surface area (Å²) in [5.41, 5.74) is 4.88. The van der Waals surface area contributed by atoms with Gasteiger partial charge in [-0.15, -0.1) is 0 Å². The Balaban J connectivity index is 1.61. The van der Waals surface area contributed by atoms with Crippen molar-refractivity contribution in [1.82, 2.24) is 0 Å². The Kier molecular flexibility index (Phi) is 9.29. The van der Waals surface area contributed by atoms with Crippen molar-refractivity contribution >= 4 is 47.7 Å². The van der Waals surface area contributed by atoms with Crippen LogP contribution in [-0.4, -0.2) is 13.2 Å². The molecule has 0 saturated carbocycles. The number of rotatable bonds is 6. The van der Waals surface area contributed by atoms with Gasteiger partial charge in [0, 0.05) is 11.1 Å². The molecule has 0 aromatic heterocycles. The van der Waals surface area contributed by atoms with Gasteiger partial charge in [0.05, 0.1) is 13.2 Å². The average molecular weight is 637 g/mol. The van der Waals surface area contributed by atoms with E-state index < -0.39 is 15.8 Å². The topological polar surface area (TPSA) is 18.5 Å². The molecular formula is C42H38O2P2. The van der Waals surface area contributed by atoms with E-state index in [-0.39, 0.29) is 0 Å². The minimum Gasteiger partial charge on any atom is -0.493 e. The molecule has 0 N–H and O–H groups in total. The SMILES string of the molecule is Cc1ccc2c(c1P(c1ccccc1)c1ccccc1)-c1c(ccc(C)c1P(c1ccccc1)c1ccccc1)OCCCCO2. The van der Waals surface area contributed by atoms with Gasteiger partial charge in [0.2, 0.25) is 0 Å². The molecule has 0 radical (unpaired) electrons. The highest BCUT2D eigenvalue weighted by molar-refractivity contribution is 7.81. The lowest BCUT2D eigenvalue weighted by molar-refractivity contribution is 0.264. The highest BCUT2D eigenvalue weighted by atomic mass is 31.1. The van der Waals surface area contributed by atoms with Crippen LogP contribution in [0.15, 0.2) is 146 Å². The summed E-state index contributed by atoms with van der Waals surface area (Å²) in [6.07, 6.45) is 1.90. The maximum Gasteiger partial charge on any atom is 0.127 e. The molecule has 0 atom stereocenters. The molecular weight excluding hydrogens is 598 g/mol. The first-order valence-electron chi connectivity index (χ1n) is 16.0. The van der Waals surface area contributed by atoms with Gasteiger partial charge < -0.3 is 9.47 Å². The first-order valence-corrected chi connectivity index (χ1v) is 18.7. The Morgan fingerprint density at radius 1 is 0.391 bits per heavy atom. The molecule has 6 aromatic rings. The lowest BCUT2D eigenvalue weighted by Crippen LogP contribution is -2.29. The fourth-order valence-corrected chi connectivity index (χ4v) is 11.6. The van der Waals surface area contributed by atoms with E-state index in [0.717, 1.165) is 24.3 Å². The highest BCUT2D eigenvalue weighted by Gasteiger charge is 2.32. The second-order valence-electron chi connectivity index (χ2n) is 11.6. The second-order valence-corrected chi connectivity index (χ2v) is 15.9. The molecule has 0 saturated heterocycles. The van der Waals surface area contributed by atoms with Crippen LogP contribution in [0.5, 0.6) is 11.5 Å². The Bertz CT molecular complexity index is 1690. The van der Waals surface area contributed by atoms with Gasteiger partial charge >= 0.3 is 0 Å². The van der Waals surface area contributed by atoms with Crippen LogP contribution >= 0.6 is 15.8 Å². The maximum atomic E-state index is 6.79. The predicted octanol–water partition coefficient (Wildman–Crippen LogP) is 8.04. The number of benzene rings is 6. The van der Waals surface area contributed by atoms with Gasteiger partial charge in [-0.1, -0.05) is 133 Å². The van der Waals surface area contributed by atoms with Gasteiger partial charge in [0.15, 0.2) is 0 Å². The molecule has 0 fully saturated rings. The van der Waals surface area contributed by atoms with Crippen LogP contribution in [0.4, 0.5) is 0 Å². The number of hydrogen-bond donors (Lipinski definition) is 0. The monoisotopic (exact) mass is 636 g/mol. The Labute approximate surface area is 275 Å². The molecule has 0 spiro atoms. The van der Waals surface area contributed by atoms with Crippen molar-refractivity contribution in [3.05, 3.63) is 157 Å². The highest BCUT2D eigenvalue weighted by Crippen LogP contribution is 2.48. The van der Waals surface area contributed by atoms with Crippen LogP contribution in [0.2, 0.25) is 0 Å². The summed E-state index contributed by atoms with van der Waals surface area (Å²) in [4.78, 5) is 0. The van der Waals surface area contributed by atoms with E-state index in [2.05, 4.69) is 159 Å². The molecule has 0 unspecified atom stereocenters. The van der Waals surface area contributed by atoms with E-state index in [1.165, 1.54) is 54.1 Å². The van der Waals surface area contributed by atoms with Crippen LogP contribution < -0.4 is 41.3 Å². The minimum atomic E-state index is -0.920. The second kappa shape index (κ2) is 14.0. The molecule has 1 heterocycles. The first-order chi connectivity index (χ1) is 22.7. The normalized spacial score (nSPS) is 13.0.